The van der Waals surface area contributed by atoms with Gasteiger partial charge in [0.05, 0.1) is 10.4 Å². The molecular weight excluding hydrogens is 427 g/mol. The molecule has 0 amide bonds. The summed E-state index contributed by atoms with van der Waals surface area (Å²) in [4.78, 5) is 8.35. The van der Waals surface area contributed by atoms with Gasteiger partial charge in [0.2, 0.25) is 0 Å². The second-order valence-corrected chi connectivity index (χ2v) is 8.91. The number of anilines is 1. The normalized spacial score (nSPS) is 29.2. The molecule has 1 aromatic carbocycles. The molecule has 2 aliphatic heterocycles. The van der Waals surface area contributed by atoms with Crippen molar-refractivity contribution in [1.82, 2.24) is 14.5 Å². The molecule has 10 heteroatoms. The number of aromatic nitrogens is 3. The van der Waals surface area contributed by atoms with E-state index in [-0.39, 0.29) is 5.02 Å². The minimum absolute atomic E-state index is 0.0275. The molecule has 0 radical (unpaired) electrons. The van der Waals surface area contributed by atoms with Crippen LogP contribution < -0.4 is 5.73 Å². The van der Waals surface area contributed by atoms with Crippen molar-refractivity contribution in [3.8, 4) is 0 Å². The Hall–Kier alpha value is -2.30. The number of hydrogen-bond donors (Lipinski definition) is 2. The second-order valence-electron chi connectivity index (χ2n) is 8.51. The first-order valence-corrected chi connectivity index (χ1v) is 10.2. The maximum Gasteiger partial charge on any atom is 0.164 e. The monoisotopic (exact) mass is 448 g/mol. The zero-order chi connectivity index (χ0) is 22.1. The van der Waals surface area contributed by atoms with Crippen molar-refractivity contribution in [3.63, 3.8) is 0 Å². The van der Waals surface area contributed by atoms with Crippen LogP contribution in [0.3, 0.4) is 0 Å². The van der Waals surface area contributed by atoms with Crippen LogP contribution in [0.2, 0.25) is 5.02 Å². The van der Waals surface area contributed by atoms with Crippen LogP contribution in [-0.4, -0.2) is 43.7 Å². The molecule has 8 nitrogen and oxygen atoms in total. The maximum absolute atomic E-state index is 14.1. The molecule has 0 spiro atoms. The Kier molecular flexibility index (Phi) is 4.55. The van der Waals surface area contributed by atoms with Crippen molar-refractivity contribution in [2.45, 2.75) is 56.7 Å². The minimum Gasteiger partial charge on any atom is -0.383 e. The number of nitrogen functional groups attached to an aromatic ring is 1. The quantitative estimate of drug-likeness (QED) is 0.634. The van der Waals surface area contributed by atoms with Gasteiger partial charge in [-0.3, -0.25) is 0 Å². The summed E-state index contributed by atoms with van der Waals surface area (Å²) in [5.74, 6) is -1.17. The molecular formula is C21H22ClFN4O4. The van der Waals surface area contributed by atoms with Gasteiger partial charge in [0.25, 0.3) is 0 Å². The molecule has 2 aromatic heterocycles. The third-order valence-electron chi connectivity index (χ3n) is 5.90. The molecule has 0 aliphatic carbocycles. The van der Waals surface area contributed by atoms with E-state index in [1.165, 1.54) is 18.5 Å². The van der Waals surface area contributed by atoms with Crippen molar-refractivity contribution in [1.29, 1.82) is 0 Å². The lowest BCUT2D eigenvalue weighted by molar-refractivity contribution is -0.221. The van der Waals surface area contributed by atoms with E-state index in [1.54, 1.807) is 43.7 Å². The summed E-state index contributed by atoms with van der Waals surface area (Å²) in [6, 6.07) is 5.97. The van der Waals surface area contributed by atoms with Gasteiger partial charge in [0, 0.05) is 6.20 Å². The van der Waals surface area contributed by atoms with Crippen molar-refractivity contribution < 1.29 is 23.7 Å². The number of hydrogen-bond acceptors (Lipinski definition) is 7. The number of rotatable bonds is 3. The lowest BCUT2D eigenvalue weighted by atomic mass is 9.86. The van der Waals surface area contributed by atoms with Crippen LogP contribution >= 0.6 is 11.6 Å². The van der Waals surface area contributed by atoms with Crippen molar-refractivity contribution in [2.24, 2.45) is 0 Å². The number of fused-ring (bicyclic) bond motifs is 2. The summed E-state index contributed by atoms with van der Waals surface area (Å²) in [6.07, 6.45) is 0.473. The van der Waals surface area contributed by atoms with Gasteiger partial charge >= 0.3 is 0 Å². The van der Waals surface area contributed by atoms with Gasteiger partial charge in [-0.25, -0.2) is 14.4 Å². The molecule has 2 saturated heterocycles. The SMILES string of the molecule is CC1(C)O[C@@H]2[C@H](O1)[C@@H](C(C)(O)c1ccc(Cl)c(F)c1)O[C@H]2n1ccc2c(N)ncnc21. The van der Waals surface area contributed by atoms with Gasteiger partial charge in [-0.2, -0.15) is 0 Å². The van der Waals surface area contributed by atoms with Crippen molar-refractivity contribution >= 4 is 28.5 Å². The highest BCUT2D eigenvalue weighted by molar-refractivity contribution is 6.30. The van der Waals surface area contributed by atoms with Gasteiger partial charge in [0.1, 0.15) is 47.5 Å². The number of ether oxygens (including phenoxy) is 3. The summed E-state index contributed by atoms with van der Waals surface area (Å²) < 4.78 is 34.5. The lowest BCUT2D eigenvalue weighted by Crippen LogP contribution is -2.45. The summed E-state index contributed by atoms with van der Waals surface area (Å²) in [6.45, 7) is 5.15. The molecule has 164 valence electrons. The van der Waals surface area contributed by atoms with Gasteiger partial charge in [-0.05, 0) is 44.5 Å². The van der Waals surface area contributed by atoms with Crippen LogP contribution in [0.1, 0.15) is 32.6 Å². The Balaban J connectivity index is 1.58. The fourth-order valence-corrected chi connectivity index (χ4v) is 4.54. The Bertz CT molecular complexity index is 1170. The predicted molar refractivity (Wildman–Crippen MR) is 111 cm³/mol. The van der Waals surface area contributed by atoms with Crippen LogP contribution in [0.4, 0.5) is 10.2 Å². The second kappa shape index (κ2) is 6.85. The van der Waals surface area contributed by atoms with Gasteiger partial charge in [-0.1, -0.05) is 17.7 Å². The fraction of sp³-hybridized carbons (Fsp3) is 0.429. The van der Waals surface area contributed by atoms with Gasteiger partial charge in [-0.15, -0.1) is 0 Å². The van der Waals surface area contributed by atoms with Crippen LogP contribution in [0.5, 0.6) is 0 Å². The van der Waals surface area contributed by atoms with E-state index in [9.17, 15) is 9.50 Å². The summed E-state index contributed by atoms with van der Waals surface area (Å²) in [5.41, 5.74) is 5.26. The summed E-state index contributed by atoms with van der Waals surface area (Å²) in [5, 5.41) is 12.1. The number of aliphatic hydroxyl groups is 1. The third kappa shape index (κ3) is 3.19. The molecule has 0 saturated carbocycles. The number of halogens is 2. The zero-order valence-electron chi connectivity index (χ0n) is 17.1. The van der Waals surface area contributed by atoms with E-state index >= 15 is 0 Å². The Labute approximate surface area is 182 Å². The highest BCUT2D eigenvalue weighted by atomic mass is 35.5. The Morgan fingerprint density at radius 1 is 1.23 bits per heavy atom. The summed E-state index contributed by atoms with van der Waals surface area (Å²) >= 11 is 5.82. The molecule has 3 aromatic rings. The van der Waals surface area contributed by atoms with E-state index in [1.807, 2.05) is 0 Å². The molecule has 4 heterocycles. The minimum atomic E-state index is -1.59. The smallest absolute Gasteiger partial charge is 0.164 e. The van der Waals surface area contributed by atoms with Gasteiger partial charge in [0.15, 0.2) is 12.0 Å². The molecule has 2 aliphatic rings. The Morgan fingerprint density at radius 3 is 2.71 bits per heavy atom. The topological polar surface area (TPSA) is 105 Å². The van der Waals surface area contributed by atoms with E-state index < -0.39 is 41.7 Å². The average molecular weight is 449 g/mol. The number of benzene rings is 1. The lowest BCUT2D eigenvalue weighted by Gasteiger charge is -2.34. The summed E-state index contributed by atoms with van der Waals surface area (Å²) in [7, 11) is 0. The van der Waals surface area contributed by atoms with E-state index in [0.717, 1.165) is 0 Å². The molecule has 31 heavy (non-hydrogen) atoms. The fourth-order valence-electron chi connectivity index (χ4n) is 4.42. The first-order valence-electron chi connectivity index (χ1n) is 9.84. The first-order chi connectivity index (χ1) is 14.6. The molecule has 2 fully saturated rings. The zero-order valence-corrected chi connectivity index (χ0v) is 17.9. The van der Waals surface area contributed by atoms with E-state index in [2.05, 4.69) is 9.97 Å². The van der Waals surface area contributed by atoms with Crippen molar-refractivity contribution in [3.05, 3.63) is 53.2 Å². The number of nitrogens with two attached hydrogens (primary N) is 1. The predicted octanol–water partition coefficient (Wildman–Crippen LogP) is 3.13. The average Bonchev–Trinajstić information content (AvgIpc) is 3.35. The molecule has 5 rings (SSSR count). The highest BCUT2D eigenvalue weighted by Crippen LogP contribution is 2.49. The highest BCUT2D eigenvalue weighted by Gasteiger charge is 2.60. The van der Waals surface area contributed by atoms with Crippen LogP contribution in [0, 0.1) is 5.82 Å². The largest absolute Gasteiger partial charge is 0.383 e. The van der Waals surface area contributed by atoms with Crippen molar-refractivity contribution in [2.75, 3.05) is 5.73 Å². The molecule has 5 atom stereocenters. The third-order valence-corrected chi connectivity index (χ3v) is 6.21. The van der Waals surface area contributed by atoms with Gasteiger partial charge < -0.3 is 29.6 Å². The van der Waals surface area contributed by atoms with E-state index in [0.29, 0.717) is 22.4 Å². The standard InChI is InChI=1S/C21H22ClFN4O4/c1-20(2)30-14-15(31-20)19(27-7-6-11-17(24)25-9-26-18(11)27)29-16(14)21(3,28)10-4-5-12(22)13(23)8-10/h4-9,14-16,19,28H,1-3H3,(H2,24,25,26)/t14-,15+,16-,19+,21?/m0/s1. The first kappa shape index (κ1) is 20.6. The van der Waals surface area contributed by atoms with Crippen LogP contribution in [-0.2, 0) is 19.8 Å². The molecule has 1 unspecified atom stereocenters. The van der Waals surface area contributed by atoms with Crippen LogP contribution in [0.15, 0.2) is 36.8 Å². The molecule has 0 bridgehead atoms. The molecule has 3 N–H and O–H groups in total. The Morgan fingerprint density at radius 2 is 1.97 bits per heavy atom. The van der Waals surface area contributed by atoms with E-state index in [4.69, 9.17) is 31.5 Å². The van der Waals surface area contributed by atoms with Crippen LogP contribution in [0.25, 0.3) is 11.0 Å². The maximum atomic E-state index is 14.1. The number of nitrogens with zero attached hydrogens (tertiary/aromatic N) is 3.